The fourth-order valence-electron chi connectivity index (χ4n) is 2.36. The third kappa shape index (κ3) is 3.27. The summed E-state index contributed by atoms with van der Waals surface area (Å²) in [7, 11) is 0. The third-order valence-electron chi connectivity index (χ3n) is 3.27. The maximum atomic E-state index is 10.8. The van der Waals surface area contributed by atoms with Crippen LogP contribution in [0.4, 0.5) is 0 Å². The summed E-state index contributed by atoms with van der Waals surface area (Å²) < 4.78 is 0. The number of hydrogen-bond acceptors (Lipinski definition) is 4. The molecule has 2 N–H and O–H groups in total. The summed E-state index contributed by atoms with van der Waals surface area (Å²) in [5, 5.41) is 18.1. The van der Waals surface area contributed by atoms with Crippen LogP contribution >= 0.6 is 0 Å². The third-order valence-corrected chi connectivity index (χ3v) is 3.27. The van der Waals surface area contributed by atoms with Gasteiger partial charge in [0.1, 0.15) is 5.69 Å². The number of likely N-dealkylation sites (tertiary alicyclic amines) is 1. The quantitative estimate of drug-likeness (QED) is 0.833. The SMILES string of the molecule is O=C(O)c1cccc(CN2CCCC(CO)C2)n1. The highest BCUT2D eigenvalue weighted by Gasteiger charge is 2.19. The second kappa shape index (κ2) is 5.93. The minimum absolute atomic E-state index is 0.0863. The number of carboxylic acids is 1. The second-order valence-corrected chi connectivity index (χ2v) is 4.75. The smallest absolute Gasteiger partial charge is 0.354 e. The number of piperidine rings is 1. The highest BCUT2D eigenvalue weighted by atomic mass is 16.4. The largest absolute Gasteiger partial charge is 0.477 e. The number of rotatable bonds is 4. The second-order valence-electron chi connectivity index (χ2n) is 4.75. The lowest BCUT2D eigenvalue weighted by molar-refractivity contribution is 0.0689. The zero-order chi connectivity index (χ0) is 13.0. The monoisotopic (exact) mass is 250 g/mol. The van der Waals surface area contributed by atoms with E-state index in [1.54, 1.807) is 6.07 Å². The van der Waals surface area contributed by atoms with Crippen molar-refractivity contribution in [1.29, 1.82) is 0 Å². The minimum Gasteiger partial charge on any atom is -0.477 e. The minimum atomic E-state index is -0.997. The maximum absolute atomic E-state index is 10.8. The summed E-state index contributed by atoms with van der Waals surface area (Å²) in [4.78, 5) is 17.2. The molecule has 2 rings (SSSR count). The van der Waals surface area contributed by atoms with E-state index in [1.165, 1.54) is 6.07 Å². The van der Waals surface area contributed by atoms with Crippen molar-refractivity contribution in [3.8, 4) is 0 Å². The van der Waals surface area contributed by atoms with Gasteiger partial charge in [0.2, 0.25) is 0 Å². The van der Waals surface area contributed by atoms with Crippen molar-refractivity contribution in [2.75, 3.05) is 19.7 Å². The molecule has 1 fully saturated rings. The van der Waals surface area contributed by atoms with Crippen molar-refractivity contribution in [2.45, 2.75) is 19.4 Å². The van der Waals surface area contributed by atoms with Crippen LogP contribution < -0.4 is 0 Å². The van der Waals surface area contributed by atoms with Gasteiger partial charge in [-0.15, -0.1) is 0 Å². The van der Waals surface area contributed by atoms with Crippen molar-refractivity contribution in [3.63, 3.8) is 0 Å². The summed E-state index contributed by atoms with van der Waals surface area (Å²) in [5.74, 6) is -0.662. The van der Waals surface area contributed by atoms with Crippen molar-refractivity contribution < 1.29 is 15.0 Å². The average molecular weight is 250 g/mol. The molecule has 2 heterocycles. The van der Waals surface area contributed by atoms with Gasteiger partial charge in [-0.05, 0) is 37.4 Å². The van der Waals surface area contributed by atoms with Gasteiger partial charge in [-0.25, -0.2) is 9.78 Å². The number of aromatic carboxylic acids is 1. The molecule has 1 saturated heterocycles. The molecule has 0 aliphatic carbocycles. The number of aliphatic hydroxyl groups excluding tert-OH is 1. The first-order valence-electron chi connectivity index (χ1n) is 6.21. The Morgan fingerprint density at radius 3 is 3.06 bits per heavy atom. The summed E-state index contributed by atoms with van der Waals surface area (Å²) in [6.45, 7) is 2.71. The normalized spacial score (nSPS) is 20.8. The van der Waals surface area contributed by atoms with E-state index in [2.05, 4.69) is 9.88 Å². The van der Waals surface area contributed by atoms with Crippen LogP contribution in [0, 0.1) is 5.92 Å². The van der Waals surface area contributed by atoms with Crippen LogP contribution in [0.25, 0.3) is 0 Å². The summed E-state index contributed by atoms with van der Waals surface area (Å²) in [5.41, 5.74) is 0.858. The summed E-state index contributed by atoms with van der Waals surface area (Å²) in [6.07, 6.45) is 2.14. The number of nitrogens with zero attached hydrogens (tertiary/aromatic N) is 2. The molecular weight excluding hydrogens is 232 g/mol. The van der Waals surface area contributed by atoms with Gasteiger partial charge in [0.15, 0.2) is 0 Å². The number of aromatic nitrogens is 1. The molecule has 0 saturated carbocycles. The van der Waals surface area contributed by atoms with Crippen molar-refractivity contribution in [1.82, 2.24) is 9.88 Å². The average Bonchev–Trinajstić information content (AvgIpc) is 2.39. The van der Waals surface area contributed by atoms with E-state index in [9.17, 15) is 9.90 Å². The Labute approximate surface area is 106 Å². The lowest BCUT2D eigenvalue weighted by Crippen LogP contribution is -2.36. The van der Waals surface area contributed by atoms with E-state index < -0.39 is 5.97 Å². The zero-order valence-electron chi connectivity index (χ0n) is 10.2. The number of hydrogen-bond donors (Lipinski definition) is 2. The molecule has 5 nitrogen and oxygen atoms in total. The van der Waals surface area contributed by atoms with Gasteiger partial charge in [-0.3, -0.25) is 4.90 Å². The lowest BCUT2D eigenvalue weighted by atomic mass is 9.99. The fourth-order valence-corrected chi connectivity index (χ4v) is 2.36. The fraction of sp³-hybridized carbons (Fsp3) is 0.538. The molecule has 5 heteroatoms. The number of carboxylic acid groups (broad SMARTS) is 1. The van der Waals surface area contributed by atoms with E-state index in [-0.39, 0.29) is 12.3 Å². The highest BCUT2D eigenvalue weighted by Crippen LogP contribution is 2.17. The predicted octanol–water partition coefficient (Wildman–Crippen LogP) is 0.984. The van der Waals surface area contributed by atoms with Crippen LogP contribution in [0.5, 0.6) is 0 Å². The molecule has 1 aliphatic rings. The van der Waals surface area contributed by atoms with Gasteiger partial charge in [0, 0.05) is 19.7 Å². The number of pyridine rings is 1. The molecule has 1 unspecified atom stereocenters. The maximum Gasteiger partial charge on any atom is 0.354 e. The summed E-state index contributed by atoms with van der Waals surface area (Å²) >= 11 is 0. The molecule has 18 heavy (non-hydrogen) atoms. The van der Waals surface area contributed by atoms with E-state index in [1.807, 2.05) is 6.07 Å². The Balaban J connectivity index is 2.00. The van der Waals surface area contributed by atoms with Crippen LogP contribution in [0.1, 0.15) is 29.0 Å². The van der Waals surface area contributed by atoms with E-state index in [0.29, 0.717) is 12.5 Å². The Kier molecular flexibility index (Phi) is 4.28. The van der Waals surface area contributed by atoms with Gasteiger partial charge in [-0.2, -0.15) is 0 Å². The zero-order valence-corrected chi connectivity index (χ0v) is 10.2. The highest BCUT2D eigenvalue weighted by molar-refractivity contribution is 5.85. The molecule has 0 radical (unpaired) electrons. The van der Waals surface area contributed by atoms with Gasteiger partial charge < -0.3 is 10.2 Å². The number of aliphatic hydroxyl groups is 1. The molecule has 1 aliphatic heterocycles. The molecule has 0 bridgehead atoms. The first-order chi connectivity index (χ1) is 8.69. The topological polar surface area (TPSA) is 73.7 Å². The van der Waals surface area contributed by atoms with Crippen molar-refractivity contribution >= 4 is 5.97 Å². The van der Waals surface area contributed by atoms with Crippen molar-refractivity contribution in [2.24, 2.45) is 5.92 Å². The Morgan fingerprint density at radius 2 is 2.33 bits per heavy atom. The Bertz CT molecular complexity index is 422. The van der Waals surface area contributed by atoms with E-state index >= 15 is 0 Å². The first-order valence-corrected chi connectivity index (χ1v) is 6.21. The molecular formula is C13H18N2O3. The molecule has 1 atom stereocenters. The van der Waals surface area contributed by atoms with Crippen LogP contribution in [-0.4, -0.2) is 45.8 Å². The van der Waals surface area contributed by atoms with Gasteiger partial charge >= 0.3 is 5.97 Å². The standard InChI is InChI=1S/C13H18N2O3/c16-9-10-3-2-6-15(7-10)8-11-4-1-5-12(14-11)13(17)18/h1,4-5,10,16H,2-3,6-9H2,(H,17,18). The van der Waals surface area contributed by atoms with E-state index in [0.717, 1.165) is 31.6 Å². The van der Waals surface area contributed by atoms with Gasteiger partial charge in [0.25, 0.3) is 0 Å². The summed E-state index contributed by atoms with van der Waals surface area (Å²) in [6, 6.07) is 5.06. The van der Waals surface area contributed by atoms with Gasteiger partial charge in [0.05, 0.1) is 5.69 Å². The molecule has 0 aromatic carbocycles. The molecule has 0 spiro atoms. The predicted molar refractivity (Wildman–Crippen MR) is 66.3 cm³/mol. The number of carbonyl (C=O) groups is 1. The molecule has 98 valence electrons. The van der Waals surface area contributed by atoms with Gasteiger partial charge in [-0.1, -0.05) is 6.07 Å². The molecule has 1 aromatic heterocycles. The lowest BCUT2D eigenvalue weighted by Gasteiger charge is -2.31. The first kappa shape index (κ1) is 13.0. The van der Waals surface area contributed by atoms with Crippen molar-refractivity contribution in [3.05, 3.63) is 29.6 Å². The van der Waals surface area contributed by atoms with E-state index in [4.69, 9.17) is 5.11 Å². The van der Waals surface area contributed by atoms with Crippen LogP contribution in [0.3, 0.4) is 0 Å². The molecule has 1 aromatic rings. The Hall–Kier alpha value is -1.46. The van der Waals surface area contributed by atoms with Crippen LogP contribution in [0.2, 0.25) is 0 Å². The molecule has 0 amide bonds. The Morgan fingerprint density at radius 1 is 1.50 bits per heavy atom. The van der Waals surface area contributed by atoms with Crippen LogP contribution in [0.15, 0.2) is 18.2 Å². The van der Waals surface area contributed by atoms with Crippen LogP contribution in [-0.2, 0) is 6.54 Å².